The Kier molecular flexibility index (Phi) is 7.71. The minimum atomic E-state index is -4.46. The summed E-state index contributed by atoms with van der Waals surface area (Å²) >= 11 is 6.08. The van der Waals surface area contributed by atoms with Gasteiger partial charge in [-0.25, -0.2) is 9.78 Å². The molecule has 0 unspecified atom stereocenters. The van der Waals surface area contributed by atoms with E-state index in [9.17, 15) is 27.9 Å². The number of piperidine rings is 1. The summed E-state index contributed by atoms with van der Waals surface area (Å²) in [6.45, 7) is 5.03. The summed E-state index contributed by atoms with van der Waals surface area (Å²) in [6, 6.07) is 9.05. The van der Waals surface area contributed by atoms with Crippen molar-refractivity contribution >= 4 is 29.3 Å². The number of halogens is 4. The van der Waals surface area contributed by atoms with Gasteiger partial charge in [-0.1, -0.05) is 23.7 Å². The smallest absolute Gasteiger partial charge is 0.417 e. The molecule has 2 saturated heterocycles. The highest BCUT2D eigenvalue weighted by Gasteiger charge is 2.57. The third-order valence-corrected chi connectivity index (χ3v) is 7.69. The topological polar surface area (TPSA) is 85.8 Å². The first-order chi connectivity index (χ1) is 17.4. The molecule has 0 spiro atoms. The minimum absolute atomic E-state index is 0.131. The van der Waals surface area contributed by atoms with Gasteiger partial charge < -0.3 is 15.3 Å². The summed E-state index contributed by atoms with van der Waals surface area (Å²) in [5, 5.41) is 14.0. The number of alkyl halides is 3. The maximum absolute atomic E-state index is 14.3. The van der Waals surface area contributed by atoms with E-state index in [1.807, 2.05) is 17.0 Å². The second kappa shape index (κ2) is 10.5. The lowest BCUT2D eigenvalue weighted by Crippen LogP contribution is -2.65. The summed E-state index contributed by atoms with van der Waals surface area (Å²) in [5.74, 6) is -0.510. The van der Waals surface area contributed by atoms with E-state index >= 15 is 0 Å². The van der Waals surface area contributed by atoms with E-state index in [4.69, 9.17) is 11.6 Å². The standard InChI is InChI=1S/C26H30ClF3N4O3/c1-16(2)34(24(36)37)25(15-31-14-21(25)17-3-6-20(27)7-4-17)23(35)18-9-11-33(12-10-18)22-8-5-19(13-32-22)26(28,29)30/h3-8,13,16,18,21,31H,9-12,14-15H2,1-2H3,(H,36,37)/t21-,25+/m0/s1. The number of carbonyl (C=O) groups is 2. The fourth-order valence-corrected chi connectivity index (χ4v) is 5.86. The predicted molar refractivity (Wildman–Crippen MR) is 134 cm³/mol. The molecule has 37 heavy (non-hydrogen) atoms. The van der Waals surface area contributed by atoms with E-state index < -0.39 is 41.2 Å². The van der Waals surface area contributed by atoms with Crippen molar-refractivity contribution in [2.75, 3.05) is 31.1 Å². The SMILES string of the molecule is CC(C)N(C(=O)O)[C@]1(C(=O)C2CCN(c3ccc(C(F)(F)F)cn3)CC2)CNC[C@H]1c1ccc(Cl)cc1. The summed E-state index contributed by atoms with van der Waals surface area (Å²) < 4.78 is 38.7. The zero-order valence-corrected chi connectivity index (χ0v) is 21.4. The number of Topliss-reactive ketones (excluding diaryl/α,β-unsaturated/α-hetero) is 1. The van der Waals surface area contributed by atoms with Crippen molar-refractivity contribution in [1.82, 2.24) is 15.2 Å². The van der Waals surface area contributed by atoms with Crippen molar-refractivity contribution in [3.05, 3.63) is 58.7 Å². The number of amides is 1. The van der Waals surface area contributed by atoms with Crippen molar-refractivity contribution in [2.24, 2.45) is 5.92 Å². The lowest BCUT2D eigenvalue weighted by atomic mass is 9.71. The fraction of sp³-hybridized carbons (Fsp3) is 0.500. The number of ketones is 1. The van der Waals surface area contributed by atoms with Crippen LogP contribution in [0.5, 0.6) is 0 Å². The quantitative estimate of drug-likeness (QED) is 0.535. The van der Waals surface area contributed by atoms with Crippen LogP contribution in [-0.2, 0) is 11.0 Å². The molecule has 4 rings (SSSR count). The molecule has 0 aliphatic carbocycles. The molecule has 2 aliphatic rings. The van der Waals surface area contributed by atoms with E-state index in [2.05, 4.69) is 10.3 Å². The monoisotopic (exact) mass is 538 g/mol. The maximum Gasteiger partial charge on any atom is 0.417 e. The van der Waals surface area contributed by atoms with Crippen LogP contribution in [0, 0.1) is 5.92 Å². The lowest BCUT2D eigenvalue weighted by molar-refractivity contribution is -0.138. The molecule has 2 fully saturated rings. The van der Waals surface area contributed by atoms with Crippen LogP contribution in [-0.4, -0.2) is 64.6 Å². The van der Waals surface area contributed by atoms with Gasteiger partial charge in [0.25, 0.3) is 0 Å². The van der Waals surface area contributed by atoms with E-state index in [0.29, 0.717) is 43.3 Å². The number of nitrogens with zero attached hydrogens (tertiary/aromatic N) is 3. The van der Waals surface area contributed by atoms with Crippen LogP contribution in [0.25, 0.3) is 0 Å². The van der Waals surface area contributed by atoms with Crippen LogP contribution < -0.4 is 10.2 Å². The Bertz CT molecular complexity index is 1120. The van der Waals surface area contributed by atoms with Crippen molar-refractivity contribution in [1.29, 1.82) is 0 Å². The number of nitrogens with one attached hydrogen (secondary N) is 1. The number of carboxylic acid groups (broad SMARTS) is 1. The first kappa shape index (κ1) is 27.2. The Morgan fingerprint density at radius 3 is 2.32 bits per heavy atom. The van der Waals surface area contributed by atoms with E-state index in [0.717, 1.165) is 17.8 Å². The van der Waals surface area contributed by atoms with Crippen molar-refractivity contribution in [3.8, 4) is 0 Å². The number of carbonyl (C=O) groups excluding carboxylic acids is 1. The molecule has 0 saturated carbocycles. The first-order valence-electron chi connectivity index (χ1n) is 12.3. The molecule has 2 aromatic rings. The molecule has 1 aromatic carbocycles. The van der Waals surface area contributed by atoms with Crippen molar-refractivity contribution in [2.45, 2.75) is 50.4 Å². The van der Waals surface area contributed by atoms with Gasteiger partial charge in [0.15, 0.2) is 5.78 Å². The summed E-state index contributed by atoms with van der Waals surface area (Å²) in [6.07, 6.45) is -3.90. The molecule has 11 heteroatoms. The van der Waals surface area contributed by atoms with Gasteiger partial charge in [-0.05, 0) is 56.5 Å². The highest BCUT2D eigenvalue weighted by Crippen LogP contribution is 2.42. The first-order valence-corrected chi connectivity index (χ1v) is 12.6. The summed E-state index contributed by atoms with van der Waals surface area (Å²) in [5.41, 5.74) is -1.28. The molecular formula is C26H30ClF3N4O3. The molecule has 0 bridgehead atoms. The van der Waals surface area contributed by atoms with Crippen LogP contribution in [0.15, 0.2) is 42.6 Å². The second-order valence-electron chi connectivity index (χ2n) is 9.93. The zero-order chi connectivity index (χ0) is 27.0. The van der Waals surface area contributed by atoms with Gasteiger partial charge in [0.05, 0.1) is 5.56 Å². The molecule has 7 nitrogen and oxygen atoms in total. The van der Waals surface area contributed by atoms with Crippen LogP contribution in [0.4, 0.5) is 23.8 Å². The van der Waals surface area contributed by atoms with Crippen LogP contribution in [0.3, 0.4) is 0 Å². The number of benzene rings is 1. The number of aromatic nitrogens is 1. The van der Waals surface area contributed by atoms with Crippen LogP contribution in [0.1, 0.15) is 43.7 Å². The molecule has 3 heterocycles. The number of anilines is 1. The number of pyridine rings is 1. The molecule has 2 N–H and O–H groups in total. The van der Waals surface area contributed by atoms with Gasteiger partial charge in [-0.3, -0.25) is 9.69 Å². The van der Waals surface area contributed by atoms with Crippen LogP contribution in [0.2, 0.25) is 5.02 Å². The Morgan fingerprint density at radius 1 is 1.16 bits per heavy atom. The molecule has 200 valence electrons. The molecule has 1 amide bonds. The lowest BCUT2D eigenvalue weighted by Gasteiger charge is -2.47. The van der Waals surface area contributed by atoms with Crippen molar-refractivity contribution in [3.63, 3.8) is 0 Å². The second-order valence-corrected chi connectivity index (χ2v) is 10.4. The van der Waals surface area contributed by atoms with Gasteiger partial charge in [0.2, 0.25) is 0 Å². The highest BCUT2D eigenvalue weighted by molar-refractivity contribution is 6.30. The molecule has 2 atom stereocenters. The third kappa shape index (κ3) is 5.27. The Labute approximate surface area is 218 Å². The third-order valence-electron chi connectivity index (χ3n) is 7.44. The normalized spacial score (nSPS) is 22.9. The van der Waals surface area contributed by atoms with E-state index in [1.54, 1.807) is 26.0 Å². The molecular weight excluding hydrogens is 509 g/mol. The van der Waals surface area contributed by atoms with Gasteiger partial charge in [-0.2, -0.15) is 13.2 Å². The Balaban J connectivity index is 1.59. The number of rotatable bonds is 6. The summed E-state index contributed by atoms with van der Waals surface area (Å²) in [4.78, 5) is 33.9. The minimum Gasteiger partial charge on any atom is -0.465 e. The predicted octanol–water partition coefficient (Wildman–Crippen LogP) is 5.05. The van der Waals surface area contributed by atoms with Gasteiger partial charge in [0.1, 0.15) is 11.4 Å². The highest BCUT2D eigenvalue weighted by atomic mass is 35.5. The average molecular weight is 539 g/mol. The van der Waals surface area contributed by atoms with Gasteiger partial charge >= 0.3 is 12.3 Å². The Morgan fingerprint density at radius 2 is 1.81 bits per heavy atom. The number of hydrogen-bond donors (Lipinski definition) is 2. The largest absolute Gasteiger partial charge is 0.465 e. The van der Waals surface area contributed by atoms with E-state index in [-0.39, 0.29) is 12.3 Å². The Hall–Kier alpha value is -2.85. The molecule has 0 radical (unpaired) electrons. The molecule has 2 aliphatic heterocycles. The zero-order valence-electron chi connectivity index (χ0n) is 20.6. The average Bonchev–Trinajstić information content (AvgIpc) is 3.28. The van der Waals surface area contributed by atoms with Gasteiger partial charge in [0, 0.05) is 55.3 Å². The van der Waals surface area contributed by atoms with Crippen molar-refractivity contribution < 1.29 is 27.9 Å². The van der Waals surface area contributed by atoms with Crippen LogP contribution >= 0.6 is 11.6 Å². The fourth-order valence-electron chi connectivity index (χ4n) is 5.74. The van der Waals surface area contributed by atoms with Gasteiger partial charge in [-0.15, -0.1) is 0 Å². The number of hydrogen-bond acceptors (Lipinski definition) is 5. The molecule has 1 aromatic heterocycles. The van der Waals surface area contributed by atoms with E-state index in [1.165, 1.54) is 11.0 Å². The maximum atomic E-state index is 14.3. The summed E-state index contributed by atoms with van der Waals surface area (Å²) in [7, 11) is 0.